The summed E-state index contributed by atoms with van der Waals surface area (Å²) in [6.45, 7) is 6.68. The Morgan fingerprint density at radius 3 is 2.80 bits per heavy atom. The van der Waals surface area contributed by atoms with Crippen molar-refractivity contribution in [2.75, 3.05) is 6.61 Å². The highest BCUT2D eigenvalue weighted by molar-refractivity contribution is 5.73. The van der Waals surface area contributed by atoms with Crippen LogP contribution in [-0.2, 0) is 9.53 Å². The molecule has 0 saturated carbocycles. The average Bonchev–Trinajstić information content (AvgIpc) is 2.12. The van der Waals surface area contributed by atoms with Gasteiger partial charge in [0.05, 0.1) is 5.60 Å². The molecular formula is C11H21NO3. The first-order valence-corrected chi connectivity index (χ1v) is 5.57. The van der Waals surface area contributed by atoms with Crippen LogP contribution in [0.15, 0.2) is 0 Å². The third-order valence-corrected chi connectivity index (χ3v) is 2.84. The smallest absolute Gasteiger partial charge is 0.320 e. The van der Waals surface area contributed by atoms with Crippen molar-refractivity contribution >= 4 is 5.97 Å². The van der Waals surface area contributed by atoms with E-state index in [4.69, 9.17) is 9.84 Å². The molecule has 1 aliphatic heterocycles. The van der Waals surface area contributed by atoms with Crippen molar-refractivity contribution in [1.82, 2.24) is 5.32 Å². The Morgan fingerprint density at radius 1 is 1.67 bits per heavy atom. The first-order valence-electron chi connectivity index (χ1n) is 5.57. The molecule has 1 aliphatic rings. The molecule has 0 aromatic heterocycles. The van der Waals surface area contributed by atoms with Gasteiger partial charge in [0.1, 0.15) is 6.04 Å². The molecule has 0 radical (unpaired) electrons. The van der Waals surface area contributed by atoms with Gasteiger partial charge < -0.3 is 15.2 Å². The zero-order valence-corrected chi connectivity index (χ0v) is 9.75. The number of carbonyl (C=O) groups is 1. The van der Waals surface area contributed by atoms with Gasteiger partial charge >= 0.3 is 5.97 Å². The number of aliphatic carboxylic acids is 1. The minimum absolute atomic E-state index is 0.132. The predicted molar refractivity (Wildman–Crippen MR) is 57.9 cm³/mol. The number of carboxylic acids is 1. The van der Waals surface area contributed by atoms with Crippen LogP contribution in [0, 0.1) is 0 Å². The average molecular weight is 215 g/mol. The number of ether oxygens (including phenoxy) is 1. The lowest BCUT2D eigenvalue weighted by atomic mass is 9.93. The SMILES string of the molecule is CCC(NC1CCOC(C)(C)C1)C(=O)O. The molecule has 0 aromatic carbocycles. The highest BCUT2D eigenvalue weighted by atomic mass is 16.5. The molecule has 2 atom stereocenters. The maximum absolute atomic E-state index is 10.9. The molecule has 4 heteroatoms. The van der Waals surface area contributed by atoms with Crippen LogP contribution in [0.1, 0.15) is 40.0 Å². The summed E-state index contributed by atoms with van der Waals surface area (Å²) < 4.78 is 5.58. The fourth-order valence-electron chi connectivity index (χ4n) is 2.02. The quantitative estimate of drug-likeness (QED) is 0.744. The van der Waals surface area contributed by atoms with Gasteiger partial charge in [-0.2, -0.15) is 0 Å². The number of hydrogen-bond acceptors (Lipinski definition) is 3. The zero-order chi connectivity index (χ0) is 11.5. The fraction of sp³-hybridized carbons (Fsp3) is 0.909. The summed E-state index contributed by atoms with van der Waals surface area (Å²) in [6.07, 6.45) is 2.39. The highest BCUT2D eigenvalue weighted by Crippen LogP contribution is 2.24. The third-order valence-electron chi connectivity index (χ3n) is 2.84. The van der Waals surface area contributed by atoms with Crippen molar-refractivity contribution in [3.8, 4) is 0 Å². The van der Waals surface area contributed by atoms with Gasteiger partial charge in [-0.3, -0.25) is 4.79 Å². The molecule has 2 N–H and O–H groups in total. The van der Waals surface area contributed by atoms with E-state index < -0.39 is 12.0 Å². The second kappa shape index (κ2) is 4.94. The van der Waals surface area contributed by atoms with Crippen LogP contribution in [-0.4, -0.2) is 35.4 Å². The van der Waals surface area contributed by atoms with Gasteiger partial charge in [0.15, 0.2) is 0 Å². The van der Waals surface area contributed by atoms with E-state index in [0.717, 1.165) is 12.8 Å². The first-order chi connectivity index (χ1) is 6.94. The second-order valence-electron chi connectivity index (χ2n) is 4.76. The zero-order valence-electron chi connectivity index (χ0n) is 9.75. The van der Waals surface area contributed by atoms with Gasteiger partial charge in [0.2, 0.25) is 0 Å². The summed E-state index contributed by atoms with van der Waals surface area (Å²) in [6, 6.07) is -0.168. The van der Waals surface area contributed by atoms with Crippen molar-refractivity contribution in [3.05, 3.63) is 0 Å². The van der Waals surface area contributed by atoms with Crippen LogP contribution < -0.4 is 5.32 Å². The Morgan fingerprint density at radius 2 is 2.33 bits per heavy atom. The molecule has 0 bridgehead atoms. The molecule has 0 aliphatic carbocycles. The summed E-state index contributed by atoms with van der Waals surface area (Å²) in [7, 11) is 0. The van der Waals surface area contributed by atoms with Crippen molar-refractivity contribution < 1.29 is 14.6 Å². The van der Waals surface area contributed by atoms with Gasteiger partial charge in [0.25, 0.3) is 0 Å². The third kappa shape index (κ3) is 3.80. The lowest BCUT2D eigenvalue weighted by Crippen LogP contribution is -2.49. The second-order valence-corrected chi connectivity index (χ2v) is 4.76. The molecule has 1 rings (SSSR count). The summed E-state index contributed by atoms with van der Waals surface area (Å²) in [5.74, 6) is -0.762. The largest absolute Gasteiger partial charge is 0.480 e. The standard InChI is InChI=1S/C11H21NO3/c1-4-9(10(13)14)12-8-5-6-15-11(2,3)7-8/h8-9,12H,4-7H2,1-3H3,(H,13,14). The van der Waals surface area contributed by atoms with Gasteiger partial charge in [-0.25, -0.2) is 0 Å². The Labute approximate surface area is 91.0 Å². The van der Waals surface area contributed by atoms with E-state index in [1.807, 2.05) is 20.8 Å². The van der Waals surface area contributed by atoms with E-state index >= 15 is 0 Å². The van der Waals surface area contributed by atoms with Gasteiger partial charge in [-0.15, -0.1) is 0 Å². The van der Waals surface area contributed by atoms with E-state index in [1.165, 1.54) is 0 Å². The molecule has 15 heavy (non-hydrogen) atoms. The van der Waals surface area contributed by atoms with Crippen LogP contribution >= 0.6 is 0 Å². The number of nitrogens with one attached hydrogen (secondary N) is 1. The normalized spacial score (nSPS) is 27.3. The van der Waals surface area contributed by atoms with Crippen molar-refractivity contribution in [2.24, 2.45) is 0 Å². The number of carboxylic acid groups (broad SMARTS) is 1. The summed E-state index contributed by atoms with van der Waals surface area (Å²) in [5, 5.41) is 12.1. The molecule has 88 valence electrons. The first kappa shape index (κ1) is 12.5. The topological polar surface area (TPSA) is 58.6 Å². The maximum Gasteiger partial charge on any atom is 0.320 e. The summed E-state index contributed by atoms with van der Waals surface area (Å²) >= 11 is 0. The molecule has 2 unspecified atom stereocenters. The Kier molecular flexibility index (Phi) is 4.11. The molecule has 0 aromatic rings. The van der Waals surface area contributed by atoms with Gasteiger partial charge in [-0.1, -0.05) is 6.92 Å². The molecular weight excluding hydrogens is 194 g/mol. The van der Waals surface area contributed by atoms with Crippen LogP contribution in [0.3, 0.4) is 0 Å². The highest BCUT2D eigenvalue weighted by Gasteiger charge is 2.30. The molecule has 1 fully saturated rings. The molecule has 0 amide bonds. The van der Waals surface area contributed by atoms with Gasteiger partial charge in [-0.05, 0) is 33.1 Å². The van der Waals surface area contributed by atoms with E-state index in [9.17, 15) is 4.79 Å². The fourth-order valence-corrected chi connectivity index (χ4v) is 2.02. The Hall–Kier alpha value is -0.610. The van der Waals surface area contributed by atoms with E-state index in [2.05, 4.69) is 5.32 Å². The summed E-state index contributed by atoms with van der Waals surface area (Å²) in [5.41, 5.74) is -0.132. The van der Waals surface area contributed by atoms with Crippen molar-refractivity contribution in [2.45, 2.75) is 57.7 Å². The minimum atomic E-state index is -0.762. The molecule has 1 heterocycles. The van der Waals surface area contributed by atoms with Crippen LogP contribution in [0.2, 0.25) is 0 Å². The Balaban J connectivity index is 2.47. The molecule has 1 saturated heterocycles. The van der Waals surface area contributed by atoms with Crippen molar-refractivity contribution in [1.29, 1.82) is 0 Å². The number of hydrogen-bond donors (Lipinski definition) is 2. The lowest BCUT2D eigenvalue weighted by molar-refractivity contribution is -0.140. The molecule has 0 spiro atoms. The predicted octanol–water partition coefficient (Wildman–Crippen LogP) is 1.40. The summed E-state index contributed by atoms with van der Waals surface area (Å²) in [4.78, 5) is 10.9. The monoisotopic (exact) mass is 215 g/mol. The van der Waals surface area contributed by atoms with Crippen LogP contribution in [0.5, 0.6) is 0 Å². The Bertz CT molecular complexity index is 228. The van der Waals surface area contributed by atoms with E-state index in [-0.39, 0.29) is 11.6 Å². The lowest BCUT2D eigenvalue weighted by Gasteiger charge is -2.37. The number of rotatable bonds is 4. The maximum atomic E-state index is 10.9. The van der Waals surface area contributed by atoms with E-state index in [0.29, 0.717) is 13.0 Å². The van der Waals surface area contributed by atoms with Crippen molar-refractivity contribution in [3.63, 3.8) is 0 Å². The molecule has 4 nitrogen and oxygen atoms in total. The van der Waals surface area contributed by atoms with Gasteiger partial charge in [0, 0.05) is 12.6 Å². The van der Waals surface area contributed by atoms with E-state index in [1.54, 1.807) is 0 Å². The minimum Gasteiger partial charge on any atom is -0.480 e. The van der Waals surface area contributed by atoms with Crippen LogP contribution in [0.25, 0.3) is 0 Å². The van der Waals surface area contributed by atoms with Crippen LogP contribution in [0.4, 0.5) is 0 Å².